The van der Waals surface area contributed by atoms with Crippen molar-refractivity contribution in [2.24, 2.45) is 17.4 Å². The Balaban J connectivity index is 0.000000122. The van der Waals surface area contributed by atoms with Gasteiger partial charge in [0.2, 0.25) is 23.8 Å². The van der Waals surface area contributed by atoms with Crippen molar-refractivity contribution >= 4 is 96.8 Å². The van der Waals surface area contributed by atoms with Gasteiger partial charge in [0.1, 0.15) is 46.7 Å². The van der Waals surface area contributed by atoms with E-state index in [1.54, 1.807) is 12.1 Å². The van der Waals surface area contributed by atoms with Crippen LogP contribution in [-0.4, -0.2) is 174 Å². The number of aromatic nitrogens is 8. The first-order valence-corrected chi connectivity index (χ1v) is 47.9. The zero-order valence-electron chi connectivity index (χ0n) is 77.1. The van der Waals surface area contributed by atoms with Crippen LogP contribution in [0.4, 0.5) is 47.0 Å². The molecular weight excluding hydrogens is 1680 g/mol. The molecule has 13 aromatic rings. The molecule has 7 fully saturated rings. The lowest BCUT2D eigenvalue weighted by atomic mass is 10.00. The molecule has 6 saturated heterocycles. The third kappa shape index (κ3) is 20.6. The highest BCUT2D eigenvalue weighted by Gasteiger charge is 2.34. The third-order valence-electron chi connectivity index (χ3n) is 26.9. The van der Waals surface area contributed by atoms with E-state index < -0.39 is 5.82 Å². The molecule has 1 atom stereocenters. The molecule has 0 amide bonds. The zero-order chi connectivity index (χ0) is 90.5. The molecule has 9 aromatic carbocycles. The Bertz CT molecular complexity index is 6130. The smallest absolute Gasteiger partial charge is 0.207 e. The minimum absolute atomic E-state index is 0.0518. The number of rotatable bonds is 21. The van der Waals surface area contributed by atoms with E-state index in [0.29, 0.717) is 83.7 Å². The maximum absolute atomic E-state index is 14.3. The second-order valence-corrected chi connectivity index (χ2v) is 38.0. The quantitative estimate of drug-likeness (QED) is 0.0427. The molecule has 0 bridgehead atoms. The highest BCUT2D eigenvalue weighted by Crippen LogP contribution is 2.45. The lowest BCUT2D eigenvalue weighted by molar-refractivity contribution is 0.239. The number of halogens is 6. The van der Waals surface area contributed by atoms with Gasteiger partial charge in [-0.05, 0) is 295 Å². The van der Waals surface area contributed by atoms with Crippen LogP contribution in [0.5, 0.6) is 5.75 Å². The summed E-state index contributed by atoms with van der Waals surface area (Å²) in [5.41, 5.74) is 38.2. The molecule has 1 aliphatic carbocycles. The number of piperazine rings is 3. The van der Waals surface area contributed by atoms with Gasteiger partial charge in [-0.3, -0.25) is 4.90 Å². The fourth-order valence-corrected chi connectivity index (χ4v) is 20.4. The predicted octanol–water partition coefficient (Wildman–Crippen LogP) is 19.2. The van der Waals surface area contributed by atoms with Crippen molar-refractivity contribution in [3.8, 4) is 16.9 Å². The number of piperidine rings is 2. The summed E-state index contributed by atoms with van der Waals surface area (Å²) < 4.78 is 72.0. The molecular formula is C104H127Cl2F4N19O. The highest BCUT2D eigenvalue weighted by molar-refractivity contribution is 6.31. The van der Waals surface area contributed by atoms with Crippen LogP contribution in [0.3, 0.4) is 0 Å². The van der Waals surface area contributed by atoms with Crippen LogP contribution in [0.1, 0.15) is 154 Å². The minimum atomic E-state index is -0.409. The summed E-state index contributed by atoms with van der Waals surface area (Å²) in [6, 6.07) is 42.3. The Morgan fingerprint density at radius 3 is 1.26 bits per heavy atom. The Labute approximate surface area is 772 Å². The number of aryl methyl sites for hydroxylation is 9. The summed E-state index contributed by atoms with van der Waals surface area (Å²) in [7, 11) is 0. The van der Waals surface area contributed by atoms with Gasteiger partial charge in [-0.15, -0.1) is 0 Å². The molecule has 0 unspecified atom stereocenters. The Hall–Kier alpha value is -10.3. The summed E-state index contributed by atoms with van der Waals surface area (Å²) in [6.07, 6.45) is 12.1. The Morgan fingerprint density at radius 2 is 0.792 bits per heavy atom. The van der Waals surface area contributed by atoms with Crippen molar-refractivity contribution in [3.63, 3.8) is 0 Å². The van der Waals surface area contributed by atoms with Gasteiger partial charge >= 0.3 is 0 Å². The highest BCUT2D eigenvalue weighted by atomic mass is 35.5. The van der Waals surface area contributed by atoms with Gasteiger partial charge in [-0.25, -0.2) is 37.5 Å². The molecule has 130 heavy (non-hydrogen) atoms. The summed E-state index contributed by atoms with van der Waals surface area (Å²) in [4.78, 5) is 35.1. The molecule has 7 aliphatic rings. The van der Waals surface area contributed by atoms with E-state index >= 15 is 0 Å². The van der Waals surface area contributed by atoms with E-state index in [-0.39, 0.29) is 28.5 Å². The number of anilines is 5. The van der Waals surface area contributed by atoms with Gasteiger partial charge in [0.25, 0.3) is 0 Å². The number of nitrogens with zero attached hydrogens (tertiary/aromatic N) is 14. The Morgan fingerprint density at radius 1 is 0.400 bits per heavy atom. The molecule has 0 radical (unpaired) electrons. The molecule has 1 saturated carbocycles. The topological polar surface area (TPSA) is 188 Å². The van der Waals surface area contributed by atoms with Crippen LogP contribution in [0.15, 0.2) is 127 Å². The molecule has 10 heterocycles. The van der Waals surface area contributed by atoms with Gasteiger partial charge in [0, 0.05) is 134 Å². The normalized spacial score (nSPS) is 16.7. The maximum atomic E-state index is 14.3. The first-order chi connectivity index (χ1) is 62.9. The van der Waals surface area contributed by atoms with Crippen molar-refractivity contribution in [1.29, 1.82) is 0 Å². The summed E-state index contributed by atoms with van der Waals surface area (Å²) >= 11 is 12.6. The predicted molar refractivity (Wildman–Crippen MR) is 525 cm³/mol. The SMILES string of the molecule is Cc1cc(-c2ccc(CN)cc2)c2nc(N3CCNCC3)n(Cc3cc(C)c(F)c(C)c3)c2c1.Cc1cc(N2CCNCC2)c2nc(N3CCCCC3)n(Cc3cc(C)c(F)c(C)c3)c2c1.Cc1cc(OCCN2CCCC2)c2nc(N3CCNCC3)n(Cc3cc(C)c(F)c(C)c3)c2c1.N[C@H](c1cc(Cl)cc2c1nc(N1CCCCC1)n2Cc1ccc(F)c(Cl)c1)C1CC1. The largest absolute Gasteiger partial charge is 0.490 e. The first kappa shape index (κ1) is 91.6. The number of nitrogens with two attached hydrogens (primary N) is 2. The number of ether oxygens (including phenoxy) is 1. The lowest BCUT2D eigenvalue weighted by Gasteiger charge is -2.30. The fraction of sp³-hybridized carbons (Fsp3) is 0.442. The van der Waals surface area contributed by atoms with Crippen molar-refractivity contribution in [1.82, 2.24) is 59.1 Å². The van der Waals surface area contributed by atoms with Crippen molar-refractivity contribution < 1.29 is 22.3 Å². The molecule has 686 valence electrons. The van der Waals surface area contributed by atoms with E-state index in [1.807, 2.05) is 90.1 Å². The number of nitrogens with one attached hydrogen (secondary N) is 3. The number of benzene rings is 9. The van der Waals surface area contributed by atoms with Crippen LogP contribution >= 0.6 is 23.2 Å². The van der Waals surface area contributed by atoms with Crippen LogP contribution in [-0.2, 0) is 32.7 Å². The van der Waals surface area contributed by atoms with E-state index in [1.165, 1.54) is 80.0 Å². The molecule has 0 spiro atoms. The molecule has 20 nitrogen and oxygen atoms in total. The molecule has 7 N–H and O–H groups in total. The van der Waals surface area contributed by atoms with E-state index in [0.717, 1.165) is 255 Å². The average molecular weight is 1810 g/mol. The Kier molecular flexibility index (Phi) is 28.8. The number of hydrogen-bond donors (Lipinski definition) is 5. The summed E-state index contributed by atoms with van der Waals surface area (Å²) in [6.45, 7) is 40.0. The van der Waals surface area contributed by atoms with Crippen molar-refractivity contribution in [2.75, 3.05) is 155 Å². The molecule has 26 heteroatoms. The van der Waals surface area contributed by atoms with Crippen LogP contribution < -0.4 is 56.7 Å². The monoisotopic (exact) mass is 1800 g/mol. The third-order valence-corrected chi connectivity index (χ3v) is 27.4. The van der Waals surface area contributed by atoms with Gasteiger partial charge < -0.3 is 74.9 Å². The number of hydrogen-bond acceptors (Lipinski definition) is 16. The second-order valence-electron chi connectivity index (χ2n) is 37.2. The van der Waals surface area contributed by atoms with Gasteiger partial charge in [0.05, 0.1) is 70.0 Å². The van der Waals surface area contributed by atoms with Gasteiger partial charge in [-0.2, -0.15) is 0 Å². The summed E-state index contributed by atoms with van der Waals surface area (Å²) in [5.74, 6) is 4.53. The van der Waals surface area contributed by atoms with Gasteiger partial charge in [-0.1, -0.05) is 89.9 Å². The van der Waals surface area contributed by atoms with E-state index in [4.69, 9.17) is 59.3 Å². The van der Waals surface area contributed by atoms with Crippen molar-refractivity contribution in [2.45, 2.75) is 165 Å². The van der Waals surface area contributed by atoms with Gasteiger partial charge in [0.15, 0.2) is 0 Å². The number of fused-ring (bicyclic) bond motifs is 4. The van der Waals surface area contributed by atoms with E-state index in [9.17, 15) is 17.6 Å². The zero-order valence-corrected chi connectivity index (χ0v) is 78.6. The minimum Gasteiger partial charge on any atom is -0.490 e. The summed E-state index contributed by atoms with van der Waals surface area (Å²) in [5, 5.41) is 11.1. The van der Waals surface area contributed by atoms with Crippen molar-refractivity contribution in [3.05, 3.63) is 244 Å². The molecule has 4 aromatic heterocycles. The average Bonchev–Trinajstić information content (AvgIpc) is 1.61. The standard InChI is InChI=1S/C28H32FN5.C27H36FN5O.C26H34FN5.C23H25Cl2FN4/c1-18-12-24(23-6-4-21(16-30)5-7-23)27-25(13-18)34(28(32-27)33-10-8-31-9-11-33)17-22-14-19(2)26(29)20(3)15-22;1-19-14-23-26(24(15-19)34-13-12-31-8-4-5-9-31)30-27(32-10-6-29-7-11-32)33(23)18-22-16-20(2)25(28)21(3)17-22;1-18-13-22(30-11-7-28-8-12-30)25-23(14-18)32(26(29-25)31-9-5-4-6-10-31)17-21-15-19(2)24(27)20(3)16-21;24-16-11-17(21(27)15-5-6-15)22-20(12-16)30(13-14-4-7-19(26)18(25)10-14)23(28-22)29-8-2-1-3-9-29/h4-7,12-15,31H,8-11,16-17,30H2,1-3H3;14-17,29H,4-13,18H2,1-3H3;13-16,28H,4-12,17H2,1-3H3;4,7,10-12,15,21H,1-3,5-6,8-9,13,27H2/t;;;21-/m...0/s1. The molecule has 6 aliphatic heterocycles. The van der Waals surface area contributed by atoms with Crippen LogP contribution in [0, 0.1) is 91.5 Å². The first-order valence-electron chi connectivity index (χ1n) is 47.2. The molecule has 20 rings (SSSR count). The fourth-order valence-electron chi connectivity index (χ4n) is 20.0. The maximum Gasteiger partial charge on any atom is 0.207 e. The van der Waals surface area contributed by atoms with E-state index in [2.05, 4.69) is 145 Å². The van der Waals surface area contributed by atoms with Crippen LogP contribution in [0.25, 0.3) is 55.3 Å². The second kappa shape index (κ2) is 40.8. The lowest BCUT2D eigenvalue weighted by Crippen LogP contribution is -2.44. The number of imidazole rings is 4. The number of likely N-dealkylation sites (tertiary alicyclic amines) is 1. The van der Waals surface area contributed by atoms with Crippen LogP contribution in [0.2, 0.25) is 10.0 Å².